The monoisotopic (exact) mass is 386 g/mol. The summed E-state index contributed by atoms with van der Waals surface area (Å²) in [5.74, 6) is 6.10. The van der Waals surface area contributed by atoms with E-state index in [2.05, 4.69) is 48.0 Å². The van der Waals surface area contributed by atoms with E-state index in [1.807, 2.05) is 10.7 Å². The first-order valence-electron chi connectivity index (χ1n) is 9.21. The van der Waals surface area contributed by atoms with Crippen LogP contribution in [0.25, 0.3) is 0 Å². The molecule has 0 saturated heterocycles. The van der Waals surface area contributed by atoms with Crippen molar-refractivity contribution in [3.05, 3.63) is 28.5 Å². The number of ether oxygens (including phenoxy) is 1. The molecule has 2 aromatic heterocycles. The quantitative estimate of drug-likeness (QED) is 0.632. The Hall–Kier alpha value is -2.33. The van der Waals surface area contributed by atoms with Crippen molar-refractivity contribution in [2.75, 3.05) is 12.4 Å². The van der Waals surface area contributed by atoms with Crippen LogP contribution in [-0.4, -0.2) is 33.9 Å². The van der Waals surface area contributed by atoms with Gasteiger partial charge in [-0.15, -0.1) is 11.3 Å². The normalized spacial score (nSPS) is 19.9. The average molecular weight is 387 g/mol. The van der Waals surface area contributed by atoms with Crippen molar-refractivity contribution in [3.8, 4) is 11.8 Å². The molecule has 6 nitrogen and oxygen atoms in total. The topological polar surface area (TPSA) is 69.0 Å². The Bertz CT molecular complexity index is 832. The Morgan fingerprint density at radius 2 is 2.07 bits per heavy atom. The van der Waals surface area contributed by atoms with Gasteiger partial charge in [0.2, 0.25) is 0 Å². The van der Waals surface area contributed by atoms with Crippen molar-refractivity contribution in [1.82, 2.24) is 14.8 Å². The van der Waals surface area contributed by atoms with Crippen LogP contribution in [0, 0.1) is 17.3 Å². The van der Waals surface area contributed by atoms with E-state index in [1.54, 1.807) is 12.7 Å². The highest BCUT2D eigenvalue weighted by Crippen LogP contribution is 2.33. The number of aromatic nitrogens is 3. The number of nitrogens with zero attached hydrogens (tertiary/aromatic N) is 3. The predicted molar refractivity (Wildman–Crippen MR) is 107 cm³/mol. The highest BCUT2D eigenvalue weighted by Gasteiger charge is 2.25. The maximum atomic E-state index is 12.2. The molecule has 1 fully saturated rings. The standard InChI is InChI=1S/C20H26N4O2S/c1-20(2,3)10-9-16-11-17(18(27-16)19(25)26-4)23-14-5-7-15(8-6-14)24-13-21-12-22-24/h11-15,23H,5-8H2,1-4H3. The molecule has 1 N–H and O–H groups in total. The summed E-state index contributed by atoms with van der Waals surface area (Å²) in [4.78, 5) is 17.7. The van der Waals surface area contributed by atoms with Crippen molar-refractivity contribution < 1.29 is 9.53 Å². The fraction of sp³-hybridized carbons (Fsp3) is 0.550. The second-order valence-corrected chi connectivity index (χ2v) is 8.92. The Morgan fingerprint density at radius 1 is 1.33 bits per heavy atom. The van der Waals surface area contributed by atoms with Gasteiger partial charge in [0.1, 0.15) is 17.5 Å². The second kappa shape index (κ2) is 8.13. The molecule has 0 radical (unpaired) electrons. The van der Waals surface area contributed by atoms with Gasteiger partial charge in [-0.2, -0.15) is 5.10 Å². The molecule has 3 rings (SSSR count). The molecule has 1 aliphatic carbocycles. The zero-order valence-corrected chi connectivity index (χ0v) is 17.1. The van der Waals surface area contributed by atoms with Gasteiger partial charge in [-0.25, -0.2) is 14.5 Å². The summed E-state index contributed by atoms with van der Waals surface area (Å²) in [7, 11) is 1.41. The number of hydrogen-bond acceptors (Lipinski definition) is 6. The molecule has 1 saturated carbocycles. The lowest BCUT2D eigenvalue weighted by Gasteiger charge is -2.29. The van der Waals surface area contributed by atoms with Crippen molar-refractivity contribution >= 4 is 23.0 Å². The molecule has 0 atom stereocenters. The maximum Gasteiger partial charge on any atom is 0.350 e. The van der Waals surface area contributed by atoms with E-state index in [9.17, 15) is 4.79 Å². The zero-order chi connectivity index (χ0) is 19.4. The Balaban J connectivity index is 1.71. The Kier molecular flexibility index (Phi) is 5.85. The summed E-state index contributed by atoms with van der Waals surface area (Å²) in [6.07, 6.45) is 7.48. The molecule has 0 unspecified atom stereocenters. The number of thiophene rings is 1. The molecule has 7 heteroatoms. The Morgan fingerprint density at radius 3 is 2.67 bits per heavy atom. The van der Waals surface area contributed by atoms with E-state index in [0.717, 1.165) is 36.2 Å². The fourth-order valence-corrected chi connectivity index (χ4v) is 4.06. The summed E-state index contributed by atoms with van der Waals surface area (Å²) >= 11 is 1.39. The number of anilines is 1. The van der Waals surface area contributed by atoms with Gasteiger partial charge >= 0.3 is 5.97 Å². The molecule has 0 bridgehead atoms. The summed E-state index contributed by atoms with van der Waals surface area (Å²) in [6, 6.07) is 2.70. The first-order valence-corrected chi connectivity index (χ1v) is 10.0. The Labute approximate surface area is 164 Å². The van der Waals surface area contributed by atoms with Crippen LogP contribution >= 0.6 is 11.3 Å². The maximum absolute atomic E-state index is 12.2. The molecule has 2 aromatic rings. The number of carbonyl (C=O) groups excluding carboxylic acids is 1. The highest BCUT2D eigenvalue weighted by molar-refractivity contribution is 7.15. The van der Waals surface area contributed by atoms with Crippen molar-refractivity contribution in [2.24, 2.45) is 5.41 Å². The molecule has 1 aliphatic rings. The summed E-state index contributed by atoms with van der Waals surface area (Å²) in [5.41, 5.74) is 0.747. The summed E-state index contributed by atoms with van der Waals surface area (Å²) in [5, 5.41) is 7.80. The molecule has 144 valence electrons. The van der Waals surface area contributed by atoms with Gasteiger partial charge in [-0.1, -0.05) is 11.8 Å². The average Bonchev–Trinajstić information content (AvgIpc) is 3.29. The number of nitrogens with one attached hydrogen (secondary N) is 1. The van der Waals surface area contributed by atoms with E-state index in [4.69, 9.17) is 4.74 Å². The second-order valence-electron chi connectivity index (χ2n) is 7.87. The summed E-state index contributed by atoms with van der Waals surface area (Å²) in [6.45, 7) is 6.21. The number of carbonyl (C=O) groups is 1. The van der Waals surface area contributed by atoms with Gasteiger partial charge in [0.05, 0.1) is 23.7 Å². The summed E-state index contributed by atoms with van der Waals surface area (Å²) < 4.78 is 6.90. The van der Waals surface area contributed by atoms with E-state index >= 15 is 0 Å². The first-order chi connectivity index (χ1) is 12.9. The number of hydrogen-bond donors (Lipinski definition) is 1. The molecule has 0 aromatic carbocycles. The molecule has 0 aliphatic heterocycles. The number of esters is 1. The number of methoxy groups -OCH3 is 1. The van der Waals surface area contributed by atoms with Gasteiger partial charge in [0.15, 0.2) is 0 Å². The van der Waals surface area contributed by atoms with Gasteiger partial charge < -0.3 is 10.1 Å². The molecule has 0 amide bonds. The molecular weight excluding hydrogens is 360 g/mol. The first kappa shape index (κ1) is 19.4. The van der Waals surface area contributed by atoms with Crippen molar-refractivity contribution in [3.63, 3.8) is 0 Å². The van der Waals surface area contributed by atoms with Crippen LogP contribution in [-0.2, 0) is 4.74 Å². The van der Waals surface area contributed by atoms with E-state index in [1.165, 1.54) is 18.4 Å². The van der Waals surface area contributed by atoms with Crippen LogP contribution < -0.4 is 5.32 Å². The lowest BCUT2D eigenvalue weighted by molar-refractivity contribution is 0.0607. The molecule has 27 heavy (non-hydrogen) atoms. The van der Waals surface area contributed by atoms with Gasteiger partial charge in [-0.05, 0) is 52.5 Å². The minimum absolute atomic E-state index is 0.0806. The largest absolute Gasteiger partial charge is 0.465 e. The van der Waals surface area contributed by atoms with Crippen LogP contribution in [0.4, 0.5) is 5.69 Å². The predicted octanol–water partition coefficient (Wildman–Crippen LogP) is 4.12. The third-order valence-corrected chi connectivity index (χ3v) is 5.56. The van der Waals surface area contributed by atoms with E-state index < -0.39 is 0 Å². The fourth-order valence-electron chi connectivity index (χ4n) is 3.16. The van der Waals surface area contributed by atoms with Gasteiger partial charge in [0, 0.05) is 11.5 Å². The van der Waals surface area contributed by atoms with Gasteiger partial charge in [-0.3, -0.25) is 0 Å². The highest BCUT2D eigenvalue weighted by atomic mass is 32.1. The number of rotatable bonds is 4. The zero-order valence-electron chi connectivity index (χ0n) is 16.3. The van der Waals surface area contributed by atoms with Crippen LogP contribution in [0.2, 0.25) is 0 Å². The third-order valence-electron chi connectivity index (χ3n) is 4.53. The minimum Gasteiger partial charge on any atom is -0.465 e. The van der Waals surface area contributed by atoms with Crippen LogP contribution in [0.1, 0.15) is 67.0 Å². The van der Waals surface area contributed by atoms with E-state index in [-0.39, 0.29) is 11.4 Å². The molecule has 0 spiro atoms. The van der Waals surface area contributed by atoms with Crippen LogP contribution in [0.3, 0.4) is 0 Å². The van der Waals surface area contributed by atoms with E-state index in [0.29, 0.717) is 17.0 Å². The van der Waals surface area contributed by atoms with Crippen molar-refractivity contribution in [1.29, 1.82) is 0 Å². The smallest absolute Gasteiger partial charge is 0.350 e. The lowest BCUT2D eigenvalue weighted by Crippen LogP contribution is -2.28. The van der Waals surface area contributed by atoms with Crippen LogP contribution in [0.15, 0.2) is 18.7 Å². The van der Waals surface area contributed by atoms with Gasteiger partial charge in [0.25, 0.3) is 0 Å². The minimum atomic E-state index is -0.317. The molecular formula is C20H26N4O2S. The SMILES string of the molecule is COC(=O)c1sc(C#CC(C)(C)C)cc1NC1CCC(n2cncn2)CC1. The van der Waals surface area contributed by atoms with Crippen molar-refractivity contribution in [2.45, 2.75) is 58.5 Å². The van der Waals surface area contributed by atoms with Crippen LogP contribution in [0.5, 0.6) is 0 Å². The molecule has 2 heterocycles. The lowest BCUT2D eigenvalue weighted by atomic mass is 9.91. The third kappa shape index (κ3) is 5.10.